The first kappa shape index (κ1) is 17.6. The number of nitrogens with one attached hydrogen (secondary N) is 4. The van der Waals surface area contributed by atoms with Gasteiger partial charge in [0.1, 0.15) is 23.3 Å². The first-order chi connectivity index (χ1) is 11.8. The lowest BCUT2D eigenvalue weighted by atomic mass is 10.1. The molecule has 0 aliphatic heterocycles. The Hall–Kier alpha value is -2.26. The number of H-pyrrole nitrogens is 1. The van der Waals surface area contributed by atoms with Crippen LogP contribution in [0.15, 0.2) is 6.07 Å². The Labute approximate surface area is 144 Å². The van der Waals surface area contributed by atoms with Crippen LogP contribution in [-0.2, 0) is 9.63 Å². The molecule has 0 spiro atoms. The molecule has 0 bridgehead atoms. The van der Waals surface area contributed by atoms with Crippen LogP contribution in [0.5, 0.6) is 0 Å². The molecule has 2 aromatic rings. The van der Waals surface area contributed by atoms with Crippen molar-refractivity contribution >= 4 is 28.6 Å². The predicted octanol–water partition coefficient (Wildman–Crippen LogP) is 1.90. The van der Waals surface area contributed by atoms with E-state index in [1.54, 1.807) is 6.07 Å². The molecule has 2 heterocycles. The third-order valence-electron chi connectivity index (χ3n) is 4.16. The molecule has 0 aromatic carbocycles. The Morgan fingerprint density at radius 1 is 1.48 bits per heavy atom. The standard InChI is InChI=1S/C16H23FN6O2/c1-8-19-13-11(23-25-7-16(2,3)18-4)6-12(21-14(13)20-8)22-15(24)9-5-10(9)17/h6,9-10,18H,5,7H2,1-4H3,(H3,19,20,21,22,23,24)/t9-,10+/m1/s1. The van der Waals surface area contributed by atoms with Gasteiger partial charge < -0.3 is 15.6 Å². The molecule has 0 radical (unpaired) electrons. The zero-order valence-electron chi connectivity index (χ0n) is 14.7. The maximum atomic E-state index is 13.0. The minimum absolute atomic E-state index is 0.209. The summed E-state index contributed by atoms with van der Waals surface area (Å²) in [6.07, 6.45) is -0.785. The highest BCUT2D eigenvalue weighted by atomic mass is 19.1. The average Bonchev–Trinajstić information content (AvgIpc) is 3.15. The van der Waals surface area contributed by atoms with Crippen LogP contribution in [0.2, 0.25) is 0 Å². The third kappa shape index (κ3) is 4.05. The van der Waals surface area contributed by atoms with Crippen molar-refractivity contribution < 1.29 is 14.0 Å². The van der Waals surface area contributed by atoms with Gasteiger partial charge >= 0.3 is 0 Å². The van der Waals surface area contributed by atoms with Gasteiger partial charge in [0, 0.05) is 11.6 Å². The van der Waals surface area contributed by atoms with Gasteiger partial charge in [0.15, 0.2) is 5.65 Å². The molecule has 9 heteroatoms. The number of aromatic nitrogens is 3. The summed E-state index contributed by atoms with van der Waals surface area (Å²) in [5.74, 6) is 0.0682. The summed E-state index contributed by atoms with van der Waals surface area (Å²) >= 11 is 0. The zero-order chi connectivity index (χ0) is 18.2. The zero-order valence-corrected chi connectivity index (χ0v) is 14.7. The van der Waals surface area contributed by atoms with Crippen LogP contribution in [0, 0.1) is 12.8 Å². The fourth-order valence-electron chi connectivity index (χ4n) is 2.27. The molecule has 4 N–H and O–H groups in total. The van der Waals surface area contributed by atoms with Crippen LogP contribution in [0.3, 0.4) is 0 Å². The largest absolute Gasteiger partial charge is 0.327 e. The van der Waals surface area contributed by atoms with E-state index in [9.17, 15) is 9.18 Å². The van der Waals surface area contributed by atoms with Gasteiger partial charge in [0.05, 0.1) is 18.2 Å². The summed E-state index contributed by atoms with van der Waals surface area (Å²) in [6.45, 7) is 6.23. The van der Waals surface area contributed by atoms with Gasteiger partial charge in [0.25, 0.3) is 0 Å². The van der Waals surface area contributed by atoms with E-state index in [0.717, 1.165) is 0 Å². The smallest absolute Gasteiger partial charge is 0.231 e. The topological polar surface area (TPSA) is 104 Å². The number of halogens is 1. The quantitative estimate of drug-likeness (QED) is 0.569. The van der Waals surface area contributed by atoms with Crippen molar-refractivity contribution in [1.29, 1.82) is 0 Å². The Kier molecular flexibility index (Phi) is 4.61. The number of hydrogen-bond acceptors (Lipinski definition) is 6. The molecule has 0 saturated heterocycles. The molecule has 2 atom stereocenters. The number of imidazole rings is 1. The van der Waals surface area contributed by atoms with Crippen molar-refractivity contribution in [3.8, 4) is 0 Å². The first-order valence-corrected chi connectivity index (χ1v) is 8.18. The van der Waals surface area contributed by atoms with Gasteiger partial charge in [0.2, 0.25) is 5.91 Å². The SMILES string of the molecule is CNC(C)(C)CONc1cc(NC(=O)[C@@H]2C[C@@H]2F)nc2[nH]c(C)nc12. The average molecular weight is 350 g/mol. The number of hydrogen-bond donors (Lipinski definition) is 4. The molecule has 2 aromatic heterocycles. The number of carbonyl (C=O) groups is 1. The molecule has 1 amide bonds. The second-order valence-corrected chi connectivity index (χ2v) is 6.95. The highest BCUT2D eigenvalue weighted by Crippen LogP contribution is 2.35. The number of carbonyl (C=O) groups excluding carboxylic acids is 1. The summed E-state index contributed by atoms with van der Waals surface area (Å²) in [7, 11) is 1.86. The fraction of sp³-hybridized carbons (Fsp3) is 0.562. The minimum atomic E-state index is -1.05. The van der Waals surface area contributed by atoms with Crippen molar-refractivity contribution in [2.45, 2.75) is 38.9 Å². The molecular formula is C16H23FN6O2. The molecule has 8 nitrogen and oxygen atoms in total. The Morgan fingerprint density at radius 2 is 2.20 bits per heavy atom. The van der Waals surface area contributed by atoms with Crippen molar-refractivity contribution in [2.75, 3.05) is 24.5 Å². The van der Waals surface area contributed by atoms with Crippen LogP contribution in [0.1, 0.15) is 26.1 Å². The van der Waals surface area contributed by atoms with Gasteiger partial charge in [-0.05, 0) is 34.2 Å². The van der Waals surface area contributed by atoms with E-state index in [1.807, 2.05) is 27.8 Å². The maximum absolute atomic E-state index is 13.0. The van der Waals surface area contributed by atoms with Crippen LogP contribution in [0.4, 0.5) is 15.9 Å². The van der Waals surface area contributed by atoms with Crippen molar-refractivity contribution in [2.24, 2.45) is 5.92 Å². The predicted molar refractivity (Wildman–Crippen MR) is 93.0 cm³/mol. The monoisotopic (exact) mass is 350 g/mol. The lowest BCUT2D eigenvalue weighted by Crippen LogP contribution is -2.41. The van der Waals surface area contributed by atoms with Crippen molar-refractivity contribution in [3.05, 3.63) is 11.9 Å². The van der Waals surface area contributed by atoms with E-state index in [0.29, 0.717) is 35.1 Å². The van der Waals surface area contributed by atoms with Gasteiger partial charge in [-0.15, -0.1) is 0 Å². The van der Waals surface area contributed by atoms with Gasteiger partial charge in [-0.25, -0.2) is 14.4 Å². The summed E-state index contributed by atoms with van der Waals surface area (Å²) in [5, 5.41) is 5.79. The number of pyridine rings is 1. The van der Waals surface area contributed by atoms with E-state index >= 15 is 0 Å². The molecule has 3 rings (SSSR count). The normalized spacial score (nSPS) is 19.9. The van der Waals surface area contributed by atoms with Crippen molar-refractivity contribution in [1.82, 2.24) is 20.3 Å². The molecule has 1 aliphatic rings. The van der Waals surface area contributed by atoms with Crippen molar-refractivity contribution in [3.63, 3.8) is 0 Å². The molecule has 0 unspecified atom stereocenters. The lowest BCUT2D eigenvalue weighted by Gasteiger charge is -2.23. The van der Waals surface area contributed by atoms with E-state index < -0.39 is 12.1 Å². The Morgan fingerprint density at radius 3 is 2.84 bits per heavy atom. The molecule has 136 valence electrons. The number of anilines is 2. The number of amides is 1. The van der Waals surface area contributed by atoms with E-state index in [4.69, 9.17) is 4.84 Å². The van der Waals surface area contributed by atoms with E-state index in [-0.39, 0.29) is 17.9 Å². The number of aryl methyl sites for hydroxylation is 1. The van der Waals surface area contributed by atoms with E-state index in [2.05, 4.69) is 31.1 Å². The Bertz CT molecular complexity index is 790. The number of rotatable bonds is 7. The number of aromatic amines is 1. The molecular weight excluding hydrogens is 327 g/mol. The molecule has 1 saturated carbocycles. The lowest BCUT2D eigenvalue weighted by molar-refractivity contribution is -0.117. The summed E-state index contributed by atoms with van der Waals surface area (Å²) < 4.78 is 13.0. The molecule has 1 fully saturated rings. The number of alkyl halides is 1. The van der Waals surface area contributed by atoms with Crippen LogP contribution < -0.4 is 16.1 Å². The third-order valence-corrected chi connectivity index (χ3v) is 4.16. The maximum Gasteiger partial charge on any atom is 0.231 e. The van der Waals surface area contributed by atoms with E-state index in [1.165, 1.54) is 0 Å². The highest BCUT2D eigenvalue weighted by Gasteiger charge is 2.43. The first-order valence-electron chi connectivity index (χ1n) is 8.18. The van der Waals surface area contributed by atoms with Gasteiger partial charge in [-0.2, -0.15) is 0 Å². The number of likely N-dealkylation sites (N-methyl/N-ethyl adjacent to an activating group) is 1. The summed E-state index contributed by atoms with van der Waals surface area (Å²) in [6, 6.07) is 1.63. The minimum Gasteiger partial charge on any atom is -0.327 e. The van der Waals surface area contributed by atoms with Crippen LogP contribution in [-0.4, -0.2) is 46.2 Å². The fourth-order valence-corrected chi connectivity index (χ4v) is 2.27. The molecule has 25 heavy (non-hydrogen) atoms. The number of fused-ring (bicyclic) bond motifs is 1. The highest BCUT2D eigenvalue weighted by molar-refractivity contribution is 5.96. The van der Waals surface area contributed by atoms with Gasteiger partial charge in [-0.3, -0.25) is 15.1 Å². The second-order valence-electron chi connectivity index (χ2n) is 6.95. The Balaban J connectivity index is 1.78. The molecule has 1 aliphatic carbocycles. The number of nitrogens with zero attached hydrogens (tertiary/aromatic N) is 2. The second kappa shape index (κ2) is 6.57. The van der Waals surface area contributed by atoms with Gasteiger partial charge in [-0.1, -0.05) is 0 Å². The van der Waals surface area contributed by atoms with Crippen LogP contribution >= 0.6 is 0 Å². The summed E-state index contributed by atoms with van der Waals surface area (Å²) in [5.41, 5.74) is 4.36. The van der Waals surface area contributed by atoms with Crippen LogP contribution in [0.25, 0.3) is 11.2 Å². The summed E-state index contributed by atoms with van der Waals surface area (Å²) in [4.78, 5) is 29.2.